The van der Waals surface area contributed by atoms with Crippen molar-refractivity contribution in [3.8, 4) is 17.3 Å². The molecule has 7 heteroatoms. The SMILES string of the molecule is N#Cc1ccc(N2CC3(CCCCC3)N(Cc3cc(-c4ccccc4)no3)C2=O)cn1. The highest BCUT2D eigenvalue weighted by Gasteiger charge is 2.50. The van der Waals surface area contributed by atoms with Gasteiger partial charge < -0.3 is 9.42 Å². The molecule has 7 nitrogen and oxygen atoms in total. The van der Waals surface area contributed by atoms with E-state index in [4.69, 9.17) is 9.78 Å². The molecule has 156 valence electrons. The molecule has 1 spiro atoms. The van der Waals surface area contributed by atoms with Crippen molar-refractivity contribution in [3.05, 3.63) is 66.2 Å². The van der Waals surface area contributed by atoms with Gasteiger partial charge in [0.2, 0.25) is 0 Å². The van der Waals surface area contributed by atoms with Gasteiger partial charge in [0.1, 0.15) is 17.5 Å². The normalized spacial score (nSPS) is 17.8. The fraction of sp³-hybridized carbons (Fsp3) is 0.333. The predicted molar refractivity (Wildman–Crippen MR) is 115 cm³/mol. The van der Waals surface area contributed by atoms with E-state index in [0.717, 1.165) is 42.6 Å². The lowest BCUT2D eigenvalue weighted by Crippen LogP contribution is -2.47. The highest BCUT2D eigenvalue weighted by molar-refractivity contribution is 5.95. The van der Waals surface area contributed by atoms with Gasteiger partial charge in [0.15, 0.2) is 5.76 Å². The van der Waals surface area contributed by atoms with E-state index in [1.165, 1.54) is 6.42 Å². The van der Waals surface area contributed by atoms with Crippen LogP contribution in [0.4, 0.5) is 10.5 Å². The van der Waals surface area contributed by atoms with Crippen molar-refractivity contribution in [1.29, 1.82) is 5.26 Å². The summed E-state index contributed by atoms with van der Waals surface area (Å²) in [7, 11) is 0. The first-order valence-corrected chi connectivity index (χ1v) is 10.6. The molecule has 3 heterocycles. The second-order valence-electron chi connectivity index (χ2n) is 8.30. The summed E-state index contributed by atoms with van der Waals surface area (Å²) in [6, 6.07) is 17.2. The van der Waals surface area contributed by atoms with Gasteiger partial charge in [0.05, 0.1) is 30.5 Å². The van der Waals surface area contributed by atoms with Crippen molar-refractivity contribution in [2.75, 3.05) is 11.4 Å². The van der Waals surface area contributed by atoms with Crippen LogP contribution in [0.2, 0.25) is 0 Å². The van der Waals surface area contributed by atoms with Gasteiger partial charge in [-0.05, 0) is 25.0 Å². The molecule has 3 aromatic rings. The molecule has 1 aliphatic heterocycles. The molecular weight excluding hydrogens is 390 g/mol. The molecule has 5 rings (SSSR count). The fourth-order valence-corrected chi connectivity index (χ4v) is 4.77. The Hall–Kier alpha value is -3.66. The number of amides is 2. The van der Waals surface area contributed by atoms with E-state index >= 15 is 0 Å². The Morgan fingerprint density at radius 2 is 1.90 bits per heavy atom. The zero-order valence-electron chi connectivity index (χ0n) is 17.2. The first kappa shape index (κ1) is 19.3. The van der Waals surface area contributed by atoms with Crippen LogP contribution in [0.5, 0.6) is 0 Å². The first-order valence-electron chi connectivity index (χ1n) is 10.6. The molecular formula is C24H23N5O2. The molecule has 1 saturated carbocycles. The van der Waals surface area contributed by atoms with Gasteiger partial charge in [0.25, 0.3) is 0 Å². The lowest BCUT2D eigenvalue weighted by atomic mass is 9.81. The molecule has 0 radical (unpaired) electrons. The molecule has 2 fully saturated rings. The largest absolute Gasteiger partial charge is 0.359 e. The van der Waals surface area contributed by atoms with Crippen molar-refractivity contribution in [3.63, 3.8) is 0 Å². The van der Waals surface area contributed by atoms with Crippen molar-refractivity contribution in [1.82, 2.24) is 15.0 Å². The van der Waals surface area contributed by atoms with Gasteiger partial charge in [-0.1, -0.05) is 54.8 Å². The van der Waals surface area contributed by atoms with Crippen LogP contribution in [0.15, 0.2) is 59.3 Å². The Labute approximate surface area is 180 Å². The van der Waals surface area contributed by atoms with E-state index in [1.807, 2.05) is 47.4 Å². The van der Waals surface area contributed by atoms with Crippen LogP contribution in [0.3, 0.4) is 0 Å². The molecule has 2 amide bonds. The molecule has 31 heavy (non-hydrogen) atoms. The van der Waals surface area contributed by atoms with E-state index in [0.29, 0.717) is 24.5 Å². The zero-order chi connectivity index (χ0) is 21.3. The number of hydrogen-bond donors (Lipinski definition) is 0. The molecule has 0 unspecified atom stereocenters. The summed E-state index contributed by atoms with van der Waals surface area (Å²) >= 11 is 0. The minimum atomic E-state index is -0.219. The second kappa shape index (κ2) is 7.88. The Bertz CT molecular complexity index is 1110. The Balaban J connectivity index is 1.43. The van der Waals surface area contributed by atoms with E-state index in [1.54, 1.807) is 23.2 Å². The van der Waals surface area contributed by atoms with Crippen LogP contribution in [0, 0.1) is 11.3 Å². The number of nitriles is 1. The Kier molecular flexibility index (Phi) is 4.91. The topological polar surface area (TPSA) is 86.3 Å². The molecule has 1 saturated heterocycles. The average Bonchev–Trinajstić information content (AvgIpc) is 3.40. The van der Waals surface area contributed by atoms with Crippen LogP contribution in [0.1, 0.15) is 43.6 Å². The summed E-state index contributed by atoms with van der Waals surface area (Å²) < 4.78 is 5.62. The van der Waals surface area contributed by atoms with Crippen LogP contribution in [-0.2, 0) is 6.54 Å². The number of anilines is 1. The van der Waals surface area contributed by atoms with Gasteiger partial charge in [-0.3, -0.25) is 4.90 Å². The third-order valence-electron chi connectivity index (χ3n) is 6.39. The summed E-state index contributed by atoms with van der Waals surface area (Å²) in [5.41, 5.74) is 2.60. The fourth-order valence-electron chi connectivity index (χ4n) is 4.77. The van der Waals surface area contributed by atoms with Gasteiger partial charge in [0, 0.05) is 11.6 Å². The third-order valence-corrected chi connectivity index (χ3v) is 6.39. The average molecular weight is 413 g/mol. The standard InChI is InChI=1S/C24H23N5O2/c25-14-19-9-10-20(15-26-19)28-17-24(11-5-2-6-12-24)29(23(28)30)16-21-13-22(27-31-21)18-7-3-1-4-8-18/h1,3-4,7-10,13,15H,2,5-6,11-12,16-17H2. The van der Waals surface area contributed by atoms with E-state index in [2.05, 4.69) is 10.1 Å². The number of carbonyl (C=O) groups is 1. The molecule has 1 aliphatic carbocycles. The monoisotopic (exact) mass is 413 g/mol. The maximum atomic E-state index is 13.5. The lowest BCUT2D eigenvalue weighted by Gasteiger charge is -2.39. The van der Waals surface area contributed by atoms with Gasteiger partial charge in [-0.15, -0.1) is 0 Å². The van der Waals surface area contributed by atoms with Gasteiger partial charge in [-0.2, -0.15) is 5.26 Å². The minimum Gasteiger partial charge on any atom is -0.359 e. The number of aromatic nitrogens is 2. The minimum absolute atomic E-state index is 0.0499. The smallest absolute Gasteiger partial charge is 0.325 e. The van der Waals surface area contributed by atoms with Gasteiger partial charge in [-0.25, -0.2) is 9.78 Å². The second-order valence-corrected chi connectivity index (χ2v) is 8.30. The number of carbonyl (C=O) groups excluding carboxylic acids is 1. The molecule has 0 bridgehead atoms. The van der Waals surface area contributed by atoms with Crippen LogP contribution < -0.4 is 4.90 Å². The van der Waals surface area contributed by atoms with Gasteiger partial charge >= 0.3 is 6.03 Å². The zero-order valence-corrected chi connectivity index (χ0v) is 17.2. The Morgan fingerprint density at radius 3 is 2.61 bits per heavy atom. The van der Waals surface area contributed by atoms with Crippen molar-refractivity contribution >= 4 is 11.7 Å². The van der Waals surface area contributed by atoms with E-state index < -0.39 is 0 Å². The van der Waals surface area contributed by atoms with Crippen LogP contribution in [-0.4, -0.2) is 33.2 Å². The molecule has 1 aromatic carbocycles. The third kappa shape index (κ3) is 3.55. The number of hydrogen-bond acceptors (Lipinski definition) is 5. The summed E-state index contributed by atoms with van der Waals surface area (Å²) in [5.74, 6) is 0.678. The number of nitrogens with zero attached hydrogens (tertiary/aromatic N) is 5. The molecule has 2 aliphatic rings. The Morgan fingerprint density at radius 1 is 1.10 bits per heavy atom. The number of urea groups is 1. The van der Waals surface area contributed by atoms with Crippen molar-refractivity contribution < 1.29 is 9.32 Å². The first-order chi connectivity index (χ1) is 15.2. The van der Waals surface area contributed by atoms with E-state index in [9.17, 15) is 4.79 Å². The quantitative estimate of drug-likeness (QED) is 0.616. The highest BCUT2D eigenvalue weighted by atomic mass is 16.5. The molecule has 2 aromatic heterocycles. The summed E-state index contributed by atoms with van der Waals surface area (Å²) in [6.45, 7) is 1.01. The lowest BCUT2D eigenvalue weighted by molar-refractivity contribution is 0.105. The summed E-state index contributed by atoms with van der Waals surface area (Å²) in [6.07, 6.45) is 6.96. The molecule has 0 atom stereocenters. The van der Waals surface area contributed by atoms with Crippen LogP contribution >= 0.6 is 0 Å². The number of rotatable bonds is 4. The maximum Gasteiger partial charge on any atom is 0.325 e. The van der Waals surface area contributed by atoms with E-state index in [-0.39, 0.29) is 11.6 Å². The number of benzene rings is 1. The predicted octanol–water partition coefficient (Wildman–Crippen LogP) is 4.75. The van der Waals surface area contributed by atoms with Crippen molar-refractivity contribution in [2.24, 2.45) is 0 Å². The summed E-state index contributed by atoms with van der Waals surface area (Å²) in [5, 5.41) is 13.2. The maximum absolute atomic E-state index is 13.5. The molecule has 0 N–H and O–H groups in total. The summed E-state index contributed by atoms with van der Waals surface area (Å²) in [4.78, 5) is 21.4. The van der Waals surface area contributed by atoms with Crippen molar-refractivity contribution in [2.45, 2.75) is 44.2 Å². The highest BCUT2D eigenvalue weighted by Crippen LogP contribution is 2.42. The van der Waals surface area contributed by atoms with Crippen LogP contribution in [0.25, 0.3) is 11.3 Å². The number of pyridine rings is 1.